The van der Waals surface area contributed by atoms with Crippen molar-refractivity contribution in [1.29, 1.82) is 0 Å². The van der Waals surface area contributed by atoms with Crippen molar-refractivity contribution in [3.63, 3.8) is 0 Å². The summed E-state index contributed by atoms with van der Waals surface area (Å²) in [6, 6.07) is 47.8. The van der Waals surface area contributed by atoms with E-state index in [0.717, 1.165) is 22.3 Å². The molecule has 0 saturated carbocycles. The van der Waals surface area contributed by atoms with Gasteiger partial charge in [0.25, 0.3) is 0 Å². The molecule has 0 amide bonds. The molecular weight excluding hydrogens is 897 g/mol. The Kier molecular flexibility index (Phi) is 20.7. The number of ether oxygens (including phenoxy) is 12. The highest BCUT2D eigenvalue weighted by Gasteiger charge is 2.55. The van der Waals surface area contributed by atoms with Crippen LogP contribution in [0, 0.1) is 0 Å². The first-order valence-corrected chi connectivity index (χ1v) is 23.7. The van der Waals surface area contributed by atoms with Crippen LogP contribution in [0.15, 0.2) is 164 Å². The van der Waals surface area contributed by atoms with Gasteiger partial charge in [0, 0.05) is 14.0 Å². The summed E-state index contributed by atoms with van der Waals surface area (Å²) in [6.45, 7) is 7.60. The van der Waals surface area contributed by atoms with E-state index in [4.69, 9.17) is 56.8 Å². The molecule has 11 atom stereocenters. The predicted molar refractivity (Wildman–Crippen MR) is 258 cm³/mol. The zero-order chi connectivity index (χ0) is 48.9. The molecule has 2 fully saturated rings. The highest BCUT2D eigenvalue weighted by atomic mass is 16.8. The lowest BCUT2D eigenvalue weighted by atomic mass is 9.95. The SMILES string of the molecule is C=CCO[C@@H]1[C@@H](O[C@H](C(=O)OCC)c2ccccc2)[C@H](O[C@H]2[C@H](OCc3ccccc3)[C@@H](OCc3ccccc3)[C@@H](OC)O[C@@H]2COCc2ccccc2)O[C@H](COC(C)=O)[C@H]1OCc1ccccc1. The molecule has 0 aliphatic carbocycles. The van der Waals surface area contributed by atoms with Gasteiger partial charge in [0.2, 0.25) is 0 Å². The molecule has 0 bridgehead atoms. The van der Waals surface area contributed by atoms with Crippen molar-refractivity contribution >= 4 is 11.9 Å². The molecule has 70 heavy (non-hydrogen) atoms. The molecule has 14 heteroatoms. The summed E-state index contributed by atoms with van der Waals surface area (Å²) >= 11 is 0. The Labute approximate surface area is 410 Å². The number of esters is 2. The topological polar surface area (TPSA) is 145 Å². The Morgan fingerprint density at radius 1 is 0.557 bits per heavy atom. The lowest BCUT2D eigenvalue weighted by molar-refractivity contribution is -0.376. The van der Waals surface area contributed by atoms with Crippen LogP contribution in [0.4, 0.5) is 0 Å². The van der Waals surface area contributed by atoms with Gasteiger partial charge in [-0.05, 0) is 34.7 Å². The standard InChI is InChI=1S/C56H64O14/c1-5-32-62-50-48(64-34-41-24-14-8-15-25-41)46(38-63-39(3)57)68-56(53(50)69-47(54(58)61-6-2)44-30-20-11-21-31-44)70-49-45(37-60-33-40-22-12-7-13-23-40)67-55(59-4)52(66-36-43-28-18-10-19-29-43)51(49)65-35-42-26-16-9-17-27-42/h5,7-31,45-53,55-56H,1,6,32-38H2,2-4H3/t45-,46-,47+,48-,49-,50+,51+,52-,53-,55+,56+/m1/s1. The van der Waals surface area contributed by atoms with Crippen LogP contribution >= 0.6 is 0 Å². The molecule has 5 aromatic rings. The van der Waals surface area contributed by atoms with Gasteiger partial charge in [-0.1, -0.05) is 158 Å². The summed E-state index contributed by atoms with van der Waals surface area (Å²) in [4.78, 5) is 26.6. The Morgan fingerprint density at radius 2 is 1.03 bits per heavy atom. The molecule has 2 heterocycles. The van der Waals surface area contributed by atoms with E-state index < -0.39 is 79.5 Å². The summed E-state index contributed by atoms with van der Waals surface area (Å²) in [5.74, 6) is -1.18. The van der Waals surface area contributed by atoms with Crippen LogP contribution < -0.4 is 0 Å². The van der Waals surface area contributed by atoms with E-state index in [-0.39, 0.29) is 52.9 Å². The fourth-order valence-corrected chi connectivity index (χ4v) is 8.36. The molecule has 0 radical (unpaired) electrons. The van der Waals surface area contributed by atoms with Crippen molar-refractivity contribution < 1.29 is 66.4 Å². The Hall–Kier alpha value is -5.62. The lowest BCUT2D eigenvalue weighted by Gasteiger charge is -2.50. The number of hydrogen-bond acceptors (Lipinski definition) is 14. The minimum atomic E-state index is -1.39. The molecule has 14 nitrogen and oxygen atoms in total. The third-order valence-corrected chi connectivity index (χ3v) is 11.7. The van der Waals surface area contributed by atoms with Crippen molar-refractivity contribution in [1.82, 2.24) is 0 Å². The second-order valence-electron chi connectivity index (χ2n) is 16.7. The first kappa shape index (κ1) is 52.2. The van der Waals surface area contributed by atoms with Crippen LogP contribution in [0.2, 0.25) is 0 Å². The molecule has 0 unspecified atom stereocenters. The Balaban J connectivity index is 1.33. The van der Waals surface area contributed by atoms with Gasteiger partial charge in [-0.25, -0.2) is 4.79 Å². The number of benzene rings is 5. The van der Waals surface area contributed by atoms with Crippen LogP contribution in [-0.4, -0.2) is 107 Å². The van der Waals surface area contributed by atoms with Crippen molar-refractivity contribution in [2.24, 2.45) is 0 Å². The van der Waals surface area contributed by atoms with Crippen molar-refractivity contribution in [2.45, 2.75) is 108 Å². The molecular formula is C56H64O14. The highest BCUT2D eigenvalue weighted by molar-refractivity contribution is 5.76. The zero-order valence-electron chi connectivity index (χ0n) is 39.9. The number of rotatable bonds is 26. The van der Waals surface area contributed by atoms with Crippen molar-refractivity contribution in [3.05, 3.63) is 192 Å². The van der Waals surface area contributed by atoms with Gasteiger partial charge < -0.3 is 56.8 Å². The van der Waals surface area contributed by atoms with Gasteiger partial charge in [-0.15, -0.1) is 6.58 Å². The predicted octanol–water partition coefficient (Wildman–Crippen LogP) is 8.26. The summed E-state index contributed by atoms with van der Waals surface area (Å²) in [5, 5.41) is 0. The first-order valence-electron chi connectivity index (χ1n) is 23.7. The maximum atomic E-state index is 14.1. The van der Waals surface area contributed by atoms with Gasteiger partial charge in [-0.2, -0.15) is 0 Å². The molecule has 372 valence electrons. The summed E-state index contributed by atoms with van der Waals surface area (Å²) in [6.07, 6.45) is -9.99. The van der Waals surface area contributed by atoms with Gasteiger partial charge in [0.15, 0.2) is 18.7 Å². The highest BCUT2D eigenvalue weighted by Crippen LogP contribution is 2.38. The van der Waals surface area contributed by atoms with Crippen LogP contribution in [0.3, 0.4) is 0 Å². The Bertz CT molecular complexity index is 2270. The summed E-state index contributed by atoms with van der Waals surface area (Å²) < 4.78 is 78.8. The van der Waals surface area contributed by atoms with Crippen LogP contribution in [0.5, 0.6) is 0 Å². The van der Waals surface area contributed by atoms with E-state index in [9.17, 15) is 9.59 Å². The number of methoxy groups -OCH3 is 1. The Morgan fingerprint density at radius 3 is 1.54 bits per heavy atom. The van der Waals surface area contributed by atoms with Gasteiger partial charge in [0.05, 0.1) is 46.2 Å². The lowest BCUT2D eigenvalue weighted by Crippen LogP contribution is -2.66. The average molecular weight is 961 g/mol. The van der Waals surface area contributed by atoms with E-state index in [1.807, 2.05) is 127 Å². The second-order valence-corrected chi connectivity index (χ2v) is 16.7. The smallest absolute Gasteiger partial charge is 0.339 e. The molecule has 2 aliphatic rings. The maximum Gasteiger partial charge on any atom is 0.339 e. The minimum absolute atomic E-state index is 0.0137. The van der Waals surface area contributed by atoms with Gasteiger partial charge in [0.1, 0.15) is 55.4 Å². The van der Waals surface area contributed by atoms with E-state index in [1.54, 1.807) is 44.4 Å². The second kappa shape index (κ2) is 27.7. The van der Waals surface area contributed by atoms with Crippen LogP contribution in [0.1, 0.15) is 47.8 Å². The van der Waals surface area contributed by atoms with E-state index in [1.165, 1.54) is 6.92 Å². The normalized spacial score (nSPS) is 24.8. The number of hydrogen-bond donors (Lipinski definition) is 0. The van der Waals surface area contributed by atoms with Crippen molar-refractivity contribution in [3.8, 4) is 0 Å². The zero-order valence-corrected chi connectivity index (χ0v) is 39.9. The molecule has 0 N–H and O–H groups in total. The molecule has 2 saturated heterocycles. The average Bonchev–Trinajstić information content (AvgIpc) is 3.39. The van der Waals surface area contributed by atoms with Crippen molar-refractivity contribution in [2.75, 3.05) is 33.5 Å². The summed E-state index contributed by atoms with van der Waals surface area (Å²) in [7, 11) is 1.55. The molecule has 0 spiro atoms. The molecule has 5 aromatic carbocycles. The third-order valence-electron chi connectivity index (χ3n) is 11.7. The maximum absolute atomic E-state index is 14.1. The minimum Gasteiger partial charge on any atom is -0.464 e. The fraction of sp³-hybridized carbons (Fsp3) is 0.393. The summed E-state index contributed by atoms with van der Waals surface area (Å²) in [5.41, 5.74) is 4.14. The number of carbonyl (C=O) groups excluding carboxylic acids is 2. The van der Waals surface area contributed by atoms with Crippen LogP contribution in [0.25, 0.3) is 0 Å². The van der Waals surface area contributed by atoms with Crippen LogP contribution in [-0.2, 0) is 92.9 Å². The van der Waals surface area contributed by atoms with E-state index in [2.05, 4.69) is 6.58 Å². The largest absolute Gasteiger partial charge is 0.464 e. The van der Waals surface area contributed by atoms with E-state index >= 15 is 0 Å². The first-order chi connectivity index (χ1) is 34.3. The fourth-order valence-electron chi connectivity index (χ4n) is 8.36. The molecule has 2 aliphatic heterocycles. The molecule has 7 rings (SSSR count). The number of carbonyl (C=O) groups is 2. The van der Waals surface area contributed by atoms with E-state index in [0.29, 0.717) is 5.56 Å². The van der Waals surface area contributed by atoms with Gasteiger partial charge >= 0.3 is 11.9 Å². The third kappa shape index (κ3) is 15.0. The quantitative estimate of drug-likeness (QED) is 0.0387. The monoisotopic (exact) mass is 960 g/mol. The van der Waals surface area contributed by atoms with Gasteiger partial charge in [-0.3, -0.25) is 4.79 Å². The molecule has 0 aromatic heterocycles.